The first-order valence-electron chi connectivity index (χ1n) is 6.46. The Morgan fingerprint density at radius 2 is 2.06 bits per heavy atom. The lowest BCUT2D eigenvalue weighted by Crippen LogP contribution is -2.13. The van der Waals surface area contributed by atoms with E-state index in [0.29, 0.717) is 0 Å². The van der Waals surface area contributed by atoms with E-state index >= 15 is 0 Å². The van der Waals surface area contributed by atoms with Crippen molar-refractivity contribution in [2.75, 3.05) is 0 Å². The van der Waals surface area contributed by atoms with Crippen molar-refractivity contribution in [1.29, 1.82) is 0 Å². The lowest BCUT2D eigenvalue weighted by Gasteiger charge is -2.28. The van der Waals surface area contributed by atoms with Crippen LogP contribution in [0.4, 0.5) is 0 Å². The van der Waals surface area contributed by atoms with E-state index < -0.39 is 0 Å². The molecule has 16 heavy (non-hydrogen) atoms. The summed E-state index contributed by atoms with van der Waals surface area (Å²) in [6.07, 6.45) is 8.38. The van der Waals surface area contributed by atoms with Gasteiger partial charge in [0.15, 0.2) is 0 Å². The van der Waals surface area contributed by atoms with Crippen LogP contribution in [-0.4, -0.2) is 0 Å². The lowest BCUT2D eigenvalue weighted by atomic mass is 9.77. The van der Waals surface area contributed by atoms with Gasteiger partial charge in [-0.05, 0) is 55.2 Å². The lowest BCUT2D eigenvalue weighted by molar-refractivity contribution is 0.308. The van der Waals surface area contributed by atoms with E-state index in [1.807, 2.05) is 6.07 Å². The molecule has 0 aromatic heterocycles. The van der Waals surface area contributed by atoms with Gasteiger partial charge in [-0.15, -0.1) is 0 Å². The van der Waals surface area contributed by atoms with Crippen LogP contribution in [0.3, 0.4) is 0 Å². The summed E-state index contributed by atoms with van der Waals surface area (Å²) in [6.45, 7) is 2.30. The quantitative estimate of drug-likeness (QED) is 0.702. The summed E-state index contributed by atoms with van der Waals surface area (Å²) >= 11 is 3.51. The third kappa shape index (κ3) is 3.10. The first-order chi connectivity index (χ1) is 7.79. The van der Waals surface area contributed by atoms with Gasteiger partial charge in [-0.1, -0.05) is 47.8 Å². The molecule has 1 aliphatic rings. The molecule has 2 rings (SSSR count). The Balaban J connectivity index is 1.94. The van der Waals surface area contributed by atoms with Crippen LogP contribution in [0.5, 0.6) is 0 Å². The standard InChI is InChI=1S/C15H20Br/c1-2-4-12-7-9-13(10-8-12)14-5-3-6-15(16)11-14/h3,5,11-13H,2,4,7-10H2,1H3/t12-,13-. The van der Waals surface area contributed by atoms with E-state index in [1.54, 1.807) is 0 Å². The zero-order valence-electron chi connectivity index (χ0n) is 10.0. The molecule has 0 N–H and O–H groups in total. The fourth-order valence-corrected chi connectivity index (χ4v) is 3.30. The molecule has 87 valence electrons. The van der Waals surface area contributed by atoms with Crippen molar-refractivity contribution in [1.82, 2.24) is 0 Å². The number of hydrogen-bond donors (Lipinski definition) is 0. The summed E-state index contributed by atoms with van der Waals surface area (Å²) in [6, 6.07) is 9.67. The minimum atomic E-state index is 0.791. The second-order valence-corrected chi connectivity index (χ2v) is 5.83. The Kier molecular flexibility index (Phi) is 4.45. The summed E-state index contributed by atoms with van der Waals surface area (Å²) in [7, 11) is 0. The number of rotatable bonds is 3. The second-order valence-electron chi connectivity index (χ2n) is 4.98. The van der Waals surface area contributed by atoms with Gasteiger partial charge >= 0.3 is 0 Å². The van der Waals surface area contributed by atoms with Crippen LogP contribution in [0, 0.1) is 12.0 Å². The Morgan fingerprint density at radius 3 is 2.69 bits per heavy atom. The monoisotopic (exact) mass is 279 g/mol. The molecule has 0 amide bonds. The number of halogens is 1. The average molecular weight is 280 g/mol. The highest BCUT2D eigenvalue weighted by atomic mass is 79.9. The molecule has 0 atom stereocenters. The zero-order valence-corrected chi connectivity index (χ0v) is 11.6. The Bertz CT molecular complexity index is 324. The molecule has 1 radical (unpaired) electrons. The molecule has 1 aromatic rings. The molecule has 0 heterocycles. The predicted octanol–water partition coefficient (Wildman–Crippen LogP) is 5.32. The fraction of sp³-hybridized carbons (Fsp3) is 0.600. The molecule has 1 aromatic carbocycles. The summed E-state index contributed by atoms with van der Waals surface area (Å²) in [4.78, 5) is 0. The topological polar surface area (TPSA) is 0 Å². The van der Waals surface area contributed by atoms with Gasteiger partial charge < -0.3 is 0 Å². The zero-order chi connectivity index (χ0) is 11.4. The molecule has 0 aliphatic heterocycles. The summed E-state index contributed by atoms with van der Waals surface area (Å²) in [5.74, 6) is 1.79. The van der Waals surface area contributed by atoms with Gasteiger partial charge in [0, 0.05) is 4.47 Å². The molecule has 0 nitrogen and oxygen atoms in total. The Labute approximate surface area is 108 Å². The summed E-state index contributed by atoms with van der Waals surface area (Å²) < 4.78 is 1.10. The van der Waals surface area contributed by atoms with Crippen LogP contribution < -0.4 is 0 Å². The van der Waals surface area contributed by atoms with Gasteiger partial charge in [0.05, 0.1) is 0 Å². The van der Waals surface area contributed by atoms with E-state index in [4.69, 9.17) is 0 Å². The predicted molar refractivity (Wildman–Crippen MR) is 72.6 cm³/mol. The highest BCUT2D eigenvalue weighted by Crippen LogP contribution is 2.37. The molecule has 0 unspecified atom stereocenters. The molecular formula is C15H20Br. The Hall–Kier alpha value is -0.300. The largest absolute Gasteiger partial charge is 0.0654 e. The number of hydrogen-bond acceptors (Lipinski definition) is 0. The molecule has 0 bridgehead atoms. The van der Waals surface area contributed by atoms with Crippen LogP contribution in [0.1, 0.15) is 56.9 Å². The molecule has 1 heteroatoms. The molecular weight excluding hydrogens is 260 g/mol. The minimum absolute atomic E-state index is 0.791. The van der Waals surface area contributed by atoms with Crippen molar-refractivity contribution in [2.24, 2.45) is 5.92 Å². The van der Waals surface area contributed by atoms with E-state index in [2.05, 4.69) is 41.1 Å². The smallest absolute Gasteiger partial charge is 0.0256 e. The van der Waals surface area contributed by atoms with Gasteiger partial charge in [0.25, 0.3) is 0 Å². The highest BCUT2D eigenvalue weighted by molar-refractivity contribution is 9.10. The van der Waals surface area contributed by atoms with Gasteiger partial charge in [-0.2, -0.15) is 0 Å². The maximum atomic E-state index is 3.51. The third-order valence-electron chi connectivity index (χ3n) is 3.81. The second kappa shape index (κ2) is 5.86. The van der Waals surface area contributed by atoms with Crippen LogP contribution in [0.15, 0.2) is 22.7 Å². The average Bonchev–Trinajstić information content (AvgIpc) is 2.30. The van der Waals surface area contributed by atoms with Crippen LogP contribution in [-0.2, 0) is 0 Å². The maximum Gasteiger partial charge on any atom is 0.0256 e. The molecule has 0 spiro atoms. The van der Waals surface area contributed by atoms with Crippen molar-refractivity contribution in [3.63, 3.8) is 0 Å². The Morgan fingerprint density at radius 1 is 1.31 bits per heavy atom. The summed E-state index contributed by atoms with van der Waals surface area (Å²) in [5.41, 5.74) is 1.50. The van der Waals surface area contributed by atoms with Crippen LogP contribution in [0.25, 0.3) is 0 Å². The van der Waals surface area contributed by atoms with Gasteiger partial charge in [0.2, 0.25) is 0 Å². The third-order valence-corrected chi connectivity index (χ3v) is 4.26. The van der Waals surface area contributed by atoms with E-state index in [-0.39, 0.29) is 0 Å². The van der Waals surface area contributed by atoms with Crippen molar-refractivity contribution in [2.45, 2.75) is 51.4 Å². The normalized spacial score (nSPS) is 25.6. The molecule has 0 saturated heterocycles. The van der Waals surface area contributed by atoms with E-state index in [9.17, 15) is 0 Å². The van der Waals surface area contributed by atoms with Crippen molar-refractivity contribution >= 4 is 15.9 Å². The van der Waals surface area contributed by atoms with Gasteiger partial charge in [0.1, 0.15) is 0 Å². The van der Waals surface area contributed by atoms with Crippen molar-refractivity contribution in [3.8, 4) is 0 Å². The molecule has 1 saturated carbocycles. The molecule has 1 fully saturated rings. The first-order valence-corrected chi connectivity index (χ1v) is 7.26. The fourth-order valence-electron chi connectivity index (χ4n) is 2.90. The first kappa shape index (κ1) is 12.2. The van der Waals surface area contributed by atoms with Gasteiger partial charge in [-0.3, -0.25) is 0 Å². The van der Waals surface area contributed by atoms with Gasteiger partial charge in [-0.25, -0.2) is 0 Å². The van der Waals surface area contributed by atoms with Crippen molar-refractivity contribution < 1.29 is 0 Å². The van der Waals surface area contributed by atoms with E-state index in [1.165, 1.54) is 44.1 Å². The summed E-state index contributed by atoms with van der Waals surface area (Å²) in [5, 5.41) is 0. The number of benzene rings is 1. The maximum absolute atomic E-state index is 3.51. The van der Waals surface area contributed by atoms with E-state index in [0.717, 1.165) is 16.3 Å². The minimum Gasteiger partial charge on any atom is -0.0654 e. The van der Waals surface area contributed by atoms with Crippen molar-refractivity contribution in [3.05, 3.63) is 34.3 Å². The SMILES string of the molecule is CCC[C@H]1CC[C@H](c2cc[c]c(Br)c2)CC1. The van der Waals surface area contributed by atoms with Crippen LogP contribution >= 0.6 is 15.9 Å². The van der Waals surface area contributed by atoms with Crippen LogP contribution in [0.2, 0.25) is 0 Å². The highest BCUT2D eigenvalue weighted by Gasteiger charge is 2.21. The molecule has 1 aliphatic carbocycles.